The first-order chi connectivity index (χ1) is 12.9. The van der Waals surface area contributed by atoms with Crippen LogP contribution in [0, 0.1) is 0 Å². The first-order valence-corrected chi connectivity index (χ1v) is 8.75. The number of aliphatic hydroxyl groups excluding tert-OH is 3. The molecule has 0 radical (unpaired) electrons. The quantitative estimate of drug-likeness (QED) is 0.607. The molecule has 1 unspecified atom stereocenters. The number of primary amides is 1. The van der Waals surface area contributed by atoms with Gasteiger partial charge in [-0.1, -0.05) is 23.7 Å². The summed E-state index contributed by atoms with van der Waals surface area (Å²) in [6.45, 7) is -0.292. The largest absolute Gasteiger partial charge is 0.462 e. The molecule has 1 amide bonds. The number of benzene rings is 2. The second kappa shape index (κ2) is 8.24. The van der Waals surface area contributed by atoms with Crippen molar-refractivity contribution in [3.8, 4) is 16.9 Å². The molecule has 5 N–H and O–H groups in total. The first-order valence-electron chi connectivity index (χ1n) is 8.38. The van der Waals surface area contributed by atoms with Crippen LogP contribution in [0.15, 0.2) is 42.5 Å². The van der Waals surface area contributed by atoms with E-state index >= 15 is 0 Å². The number of hydrogen-bond donors (Lipinski definition) is 4. The molecule has 0 spiro atoms. The van der Waals surface area contributed by atoms with Gasteiger partial charge >= 0.3 is 0 Å². The van der Waals surface area contributed by atoms with E-state index in [4.69, 9.17) is 26.8 Å². The van der Waals surface area contributed by atoms with Crippen molar-refractivity contribution in [3.05, 3.63) is 53.1 Å². The molecule has 0 saturated carbocycles. The fourth-order valence-corrected chi connectivity index (χ4v) is 3.19. The summed E-state index contributed by atoms with van der Waals surface area (Å²) in [6, 6.07) is 11.6. The maximum absolute atomic E-state index is 11.3. The third-order valence-corrected chi connectivity index (χ3v) is 4.67. The van der Waals surface area contributed by atoms with Gasteiger partial charge in [-0.3, -0.25) is 4.79 Å². The van der Waals surface area contributed by atoms with Crippen molar-refractivity contribution in [1.82, 2.24) is 0 Å². The Balaban J connectivity index is 1.80. The van der Waals surface area contributed by atoms with Crippen LogP contribution in [-0.2, 0) is 4.74 Å². The third kappa shape index (κ3) is 4.40. The van der Waals surface area contributed by atoms with Gasteiger partial charge in [0.2, 0.25) is 12.2 Å². The van der Waals surface area contributed by atoms with Crippen molar-refractivity contribution in [1.29, 1.82) is 0 Å². The predicted octanol–water partition coefficient (Wildman–Crippen LogP) is 1.31. The van der Waals surface area contributed by atoms with E-state index in [1.54, 1.807) is 42.5 Å². The average molecular weight is 394 g/mol. The van der Waals surface area contributed by atoms with Crippen LogP contribution < -0.4 is 10.5 Å². The Kier molecular flexibility index (Phi) is 5.98. The number of rotatable bonds is 5. The van der Waals surface area contributed by atoms with Gasteiger partial charge in [0.15, 0.2) is 0 Å². The molecule has 7 nitrogen and oxygen atoms in total. The Hall–Kier alpha value is -2.16. The van der Waals surface area contributed by atoms with E-state index in [1.807, 2.05) is 0 Å². The zero-order chi connectivity index (χ0) is 19.6. The van der Waals surface area contributed by atoms with Gasteiger partial charge in [0, 0.05) is 17.5 Å². The van der Waals surface area contributed by atoms with E-state index in [-0.39, 0.29) is 13.0 Å². The smallest absolute Gasteiger partial charge is 0.248 e. The van der Waals surface area contributed by atoms with E-state index in [2.05, 4.69) is 0 Å². The number of aliphatic hydroxyl groups is 3. The van der Waals surface area contributed by atoms with Gasteiger partial charge in [-0.05, 0) is 35.9 Å². The summed E-state index contributed by atoms with van der Waals surface area (Å²) >= 11 is 6.35. The Morgan fingerprint density at radius 1 is 1.26 bits per heavy atom. The summed E-state index contributed by atoms with van der Waals surface area (Å²) in [5.74, 6) is -0.210. The van der Waals surface area contributed by atoms with Crippen molar-refractivity contribution < 1.29 is 29.6 Å². The average Bonchev–Trinajstić information content (AvgIpc) is 2.65. The minimum Gasteiger partial charge on any atom is -0.462 e. The molecular weight excluding hydrogens is 374 g/mol. The van der Waals surface area contributed by atoms with Gasteiger partial charge in [-0.2, -0.15) is 0 Å². The molecule has 0 aromatic heterocycles. The Bertz CT molecular complexity index is 830. The van der Waals surface area contributed by atoms with E-state index < -0.39 is 30.5 Å². The topological polar surface area (TPSA) is 122 Å². The molecule has 0 aliphatic carbocycles. The van der Waals surface area contributed by atoms with E-state index in [0.29, 0.717) is 27.5 Å². The third-order valence-electron chi connectivity index (χ3n) is 4.36. The van der Waals surface area contributed by atoms with Crippen LogP contribution in [0.2, 0.25) is 5.02 Å². The number of nitrogens with two attached hydrogens (primary N) is 1. The molecular formula is C19H20ClNO6. The van der Waals surface area contributed by atoms with Gasteiger partial charge in [0.1, 0.15) is 11.9 Å². The maximum Gasteiger partial charge on any atom is 0.248 e. The van der Waals surface area contributed by atoms with Crippen molar-refractivity contribution in [2.24, 2.45) is 5.73 Å². The van der Waals surface area contributed by atoms with Crippen LogP contribution in [0.25, 0.3) is 11.1 Å². The lowest BCUT2D eigenvalue weighted by Gasteiger charge is -2.36. The standard InChI is InChI=1S/C19H20ClNO6/c20-15-7-12(26-19-17(24)16(23)8-13(9-22)27-19)4-5-14(15)10-2-1-3-11(6-10)18(21)25/h1-7,13,16-17,19,22-24H,8-9H2,(H2,21,25)/t13-,16-,17-,19?/m0/s1. The summed E-state index contributed by atoms with van der Waals surface area (Å²) in [6.07, 6.45) is -3.95. The second-order valence-electron chi connectivity index (χ2n) is 6.31. The van der Waals surface area contributed by atoms with Gasteiger partial charge in [-0.15, -0.1) is 0 Å². The minimum atomic E-state index is -1.25. The normalized spacial score (nSPS) is 25.2. The van der Waals surface area contributed by atoms with Gasteiger partial charge in [-0.25, -0.2) is 0 Å². The van der Waals surface area contributed by atoms with Crippen LogP contribution in [0.4, 0.5) is 0 Å². The molecule has 2 aromatic rings. The van der Waals surface area contributed by atoms with Crippen LogP contribution in [-0.4, -0.2) is 52.4 Å². The molecule has 2 aromatic carbocycles. The fraction of sp³-hybridized carbons (Fsp3) is 0.316. The summed E-state index contributed by atoms with van der Waals surface area (Å²) in [5.41, 5.74) is 7.06. The summed E-state index contributed by atoms with van der Waals surface area (Å²) in [5, 5.41) is 29.5. The number of ether oxygens (including phenoxy) is 2. The lowest BCUT2D eigenvalue weighted by Crippen LogP contribution is -2.51. The lowest BCUT2D eigenvalue weighted by molar-refractivity contribution is -0.240. The number of hydrogen-bond acceptors (Lipinski definition) is 6. The van der Waals surface area contributed by atoms with Crippen molar-refractivity contribution in [3.63, 3.8) is 0 Å². The molecule has 27 heavy (non-hydrogen) atoms. The SMILES string of the molecule is NC(=O)c1cccc(-c2ccc(OC3O[C@H](CO)C[C@H](O)[C@@H]3O)cc2Cl)c1. The van der Waals surface area contributed by atoms with Crippen LogP contribution in [0.3, 0.4) is 0 Å². The van der Waals surface area contributed by atoms with Crippen LogP contribution in [0.5, 0.6) is 5.75 Å². The van der Waals surface area contributed by atoms with E-state index in [0.717, 1.165) is 0 Å². The van der Waals surface area contributed by atoms with Crippen molar-refractivity contribution >= 4 is 17.5 Å². The molecule has 1 fully saturated rings. The van der Waals surface area contributed by atoms with Gasteiger partial charge in [0.05, 0.1) is 23.8 Å². The first kappa shape index (κ1) is 19.6. The second-order valence-corrected chi connectivity index (χ2v) is 6.71. The highest BCUT2D eigenvalue weighted by Crippen LogP contribution is 2.33. The number of amides is 1. The Labute approximate surface area is 160 Å². The Morgan fingerprint density at radius 3 is 2.70 bits per heavy atom. The van der Waals surface area contributed by atoms with Crippen LogP contribution in [0.1, 0.15) is 16.8 Å². The molecule has 1 heterocycles. The van der Waals surface area contributed by atoms with E-state index in [9.17, 15) is 20.1 Å². The highest BCUT2D eigenvalue weighted by atomic mass is 35.5. The lowest BCUT2D eigenvalue weighted by atomic mass is 10.0. The highest BCUT2D eigenvalue weighted by Gasteiger charge is 2.38. The monoisotopic (exact) mass is 393 g/mol. The molecule has 144 valence electrons. The maximum atomic E-state index is 11.3. The number of halogens is 1. The molecule has 1 aliphatic heterocycles. The Morgan fingerprint density at radius 2 is 2.04 bits per heavy atom. The summed E-state index contributed by atoms with van der Waals surface area (Å²) < 4.78 is 11.0. The summed E-state index contributed by atoms with van der Waals surface area (Å²) in [4.78, 5) is 11.3. The van der Waals surface area contributed by atoms with Gasteiger partial charge < -0.3 is 30.5 Å². The predicted molar refractivity (Wildman–Crippen MR) is 98.4 cm³/mol. The van der Waals surface area contributed by atoms with Crippen molar-refractivity contribution in [2.45, 2.75) is 31.0 Å². The number of carbonyl (C=O) groups excluding carboxylic acids is 1. The molecule has 8 heteroatoms. The summed E-state index contributed by atoms with van der Waals surface area (Å²) in [7, 11) is 0. The van der Waals surface area contributed by atoms with Gasteiger partial charge in [0.25, 0.3) is 0 Å². The zero-order valence-corrected chi connectivity index (χ0v) is 15.0. The molecule has 0 bridgehead atoms. The zero-order valence-electron chi connectivity index (χ0n) is 14.3. The molecule has 4 atom stereocenters. The number of carbonyl (C=O) groups is 1. The molecule has 1 aliphatic rings. The molecule has 3 rings (SSSR count). The molecule has 1 saturated heterocycles. The fourth-order valence-electron chi connectivity index (χ4n) is 2.91. The van der Waals surface area contributed by atoms with E-state index in [1.165, 1.54) is 0 Å². The minimum absolute atomic E-state index is 0.118. The highest BCUT2D eigenvalue weighted by molar-refractivity contribution is 6.33. The van der Waals surface area contributed by atoms with Crippen molar-refractivity contribution in [2.75, 3.05) is 6.61 Å². The van der Waals surface area contributed by atoms with Crippen LogP contribution >= 0.6 is 11.6 Å².